The largest absolute Gasteiger partial charge is 0.394 e. The van der Waals surface area contributed by atoms with Crippen molar-refractivity contribution in [2.75, 3.05) is 39.3 Å². The Labute approximate surface area is 245 Å². The van der Waals surface area contributed by atoms with Crippen molar-refractivity contribution >= 4 is 0 Å². The first-order valence-electron chi connectivity index (χ1n) is 14.7. The van der Waals surface area contributed by atoms with Gasteiger partial charge in [-0.2, -0.15) is 0 Å². The maximum Gasteiger partial charge on any atom is 0.186 e. The van der Waals surface area contributed by atoms with Crippen LogP contribution in [0.3, 0.4) is 0 Å². The minimum atomic E-state index is -1.49. The summed E-state index contributed by atoms with van der Waals surface area (Å²) < 4.78 is 17.9. The maximum absolute atomic E-state index is 11.7. The minimum absolute atomic E-state index is 0.0103. The van der Waals surface area contributed by atoms with Gasteiger partial charge < -0.3 is 89.3 Å². The lowest BCUT2D eigenvalue weighted by Crippen LogP contribution is -2.70. The molecule has 19 N–H and O–H groups in total. The van der Waals surface area contributed by atoms with Gasteiger partial charge in [0.2, 0.25) is 0 Å². The lowest BCUT2D eigenvalue weighted by Gasteiger charge is -2.51. The van der Waals surface area contributed by atoms with Crippen LogP contribution in [0.4, 0.5) is 0 Å². The molecule has 248 valence electrons. The van der Waals surface area contributed by atoms with Gasteiger partial charge in [-0.1, -0.05) is 0 Å². The topological polar surface area (TPSA) is 323 Å². The zero-order valence-electron chi connectivity index (χ0n) is 23.8. The van der Waals surface area contributed by atoms with Gasteiger partial charge in [-0.15, -0.1) is 0 Å². The molecule has 16 atom stereocenters. The Morgan fingerprint density at radius 1 is 0.857 bits per heavy atom. The summed E-state index contributed by atoms with van der Waals surface area (Å²) >= 11 is 0. The van der Waals surface area contributed by atoms with Crippen LogP contribution < -0.4 is 39.3 Å². The molecular weight excluding hydrogens is 558 g/mol. The molecular formula is C25H53N7O10. The predicted molar refractivity (Wildman–Crippen MR) is 149 cm³/mol. The molecule has 3 aliphatic rings. The third-order valence-corrected chi connectivity index (χ3v) is 8.57. The number of aliphatic hydroxyl groups excluding tert-OH is 7. The van der Waals surface area contributed by atoms with Crippen molar-refractivity contribution in [1.82, 2.24) is 10.6 Å². The minimum Gasteiger partial charge on any atom is -0.394 e. The number of nitrogens with two attached hydrogens (primary N) is 5. The highest BCUT2D eigenvalue weighted by Crippen LogP contribution is 2.36. The Morgan fingerprint density at radius 2 is 1.57 bits per heavy atom. The fourth-order valence-corrected chi connectivity index (χ4v) is 6.07. The Bertz CT molecular complexity index is 794. The van der Waals surface area contributed by atoms with Crippen LogP contribution in [0.15, 0.2) is 0 Å². The number of ether oxygens (including phenoxy) is 3. The van der Waals surface area contributed by atoms with Crippen molar-refractivity contribution in [2.45, 2.75) is 111 Å². The molecule has 1 saturated carbocycles. The van der Waals surface area contributed by atoms with Crippen molar-refractivity contribution in [3.05, 3.63) is 0 Å². The second-order valence-corrected chi connectivity index (χ2v) is 11.8. The van der Waals surface area contributed by atoms with Crippen molar-refractivity contribution < 1.29 is 50.0 Å². The highest BCUT2D eigenvalue weighted by Gasteiger charge is 2.53. The van der Waals surface area contributed by atoms with Gasteiger partial charge in [0.25, 0.3) is 0 Å². The molecule has 2 saturated heterocycles. The van der Waals surface area contributed by atoms with Gasteiger partial charge in [0.15, 0.2) is 6.29 Å². The van der Waals surface area contributed by atoms with Crippen molar-refractivity contribution in [3.63, 3.8) is 0 Å². The summed E-state index contributed by atoms with van der Waals surface area (Å²) in [6.07, 6.45) is -10.9. The summed E-state index contributed by atoms with van der Waals surface area (Å²) in [5.41, 5.74) is 30.0. The van der Waals surface area contributed by atoms with E-state index in [9.17, 15) is 35.7 Å². The standard InChI is InChI=1S/C25H53N7O10/c26-2-1-10(34)6-31-8-16-15(36)4-13(29)23(40-16)18-12(28)3-14(32-7-11(35)5-27)24(21(18)38)42-25-22(39)19(30)20(37)17(9-33)41-25/h10-25,31-39H,1-9,26-30H2. The first kappa shape index (κ1) is 35.8. The van der Waals surface area contributed by atoms with E-state index in [0.717, 1.165) is 0 Å². The van der Waals surface area contributed by atoms with E-state index in [1.54, 1.807) is 0 Å². The van der Waals surface area contributed by atoms with Gasteiger partial charge in [-0.25, -0.2) is 0 Å². The second kappa shape index (κ2) is 16.6. The molecule has 17 heteroatoms. The molecule has 42 heavy (non-hydrogen) atoms. The quantitative estimate of drug-likeness (QED) is 0.0866. The fraction of sp³-hybridized carbons (Fsp3) is 1.00. The summed E-state index contributed by atoms with van der Waals surface area (Å²) in [7, 11) is 0. The summed E-state index contributed by atoms with van der Waals surface area (Å²) in [6.45, 7) is 0.254. The molecule has 16 unspecified atom stereocenters. The van der Waals surface area contributed by atoms with Gasteiger partial charge in [0.1, 0.15) is 24.4 Å². The van der Waals surface area contributed by atoms with Gasteiger partial charge in [-0.05, 0) is 25.8 Å². The Kier molecular flexibility index (Phi) is 14.1. The molecule has 0 radical (unpaired) electrons. The summed E-state index contributed by atoms with van der Waals surface area (Å²) in [4.78, 5) is 0. The van der Waals surface area contributed by atoms with Gasteiger partial charge in [0.05, 0.1) is 49.3 Å². The Hall–Kier alpha value is -0.680. The highest BCUT2D eigenvalue weighted by molar-refractivity contribution is 5.06. The van der Waals surface area contributed by atoms with E-state index in [4.69, 9.17) is 42.9 Å². The summed E-state index contributed by atoms with van der Waals surface area (Å²) in [5.74, 6) is -0.783. The number of hydrogen-bond donors (Lipinski definition) is 14. The number of rotatable bonds is 14. The van der Waals surface area contributed by atoms with Gasteiger partial charge >= 0.3 is 0 Å². The number of hydrogen-bond acceptors (Lipinski definition) is 17. The lowest BCUT2D eigenvalue weighted by atomic mass is 9.72. The van der Waals surface area contributed by atoms with E-state index >= 15 is 0 Å². The van der Waals surface area contributed by atoms with Crippen molar-refractivity contribution in [2.24, 2.45) is 34.6 Å². The van der Waals surface area contributed by atoms with Crippen LogP contribution in [-0.4, -0.2) is 167 Å². The third-order valence-electron chi connectivity index (χ3n) is 8.57. The normalized spacial score (nSPS) is 44.6. The van der Waals surface area contributed by atoms with Gasteiger partial charge in [0, 0.05) is 50.2 Å². The molecule has 0 aromatic rings. The zero-order valence-corrected chi connectivity index (χ0v) is 23.8. The van der Waals surface area contributed by atoms with E-state index in [1.807, 2.05) is 0 Å². The molecule has 0 aromatic carbocycles. The van der Waals surface area contributed by atoms with Crippen molar-refractivity contribution in [1.29, 1.82) is 0 Å². The average molecular weight is 612 g/mol. The smallest absolute Gasteiger partial charge is 0.186 e. The van der Waals surface area contributed by atoms with E-state index in [1.165, 1.54) is 0 Å². The van der Waals surface area contributed by atoms with Crippen LogP contribution in [0.25, 0.3) is 0 Å². The van der Waals surface area contributed by atoms with E-state index in [2.05, 4.69) is 10.6 Å². The molecule has 0 aromatic heterocycles. The average Bonchev–Trinajstić information content (AvgIpc) is 2.95. The lowest BCUT2D eigenvalue weighted by molar-refractivity contribution is -0.307. The third kappa shape index (κ3) is 8.73. The van der Waals surface area contributed by atoms with Crippen molar-refractivity contribution in [3.8, 4) is 0 Å². The Morgan fingerprint density at radius 3 is 2.21 bits per heavy atom. The Balaban J connectivity index is 1.79. The van der Waals surface area contributed by atoms with Crippen LogP contribution in [-0.2, 0) is 14.2 Å². The molecule has 0 bridgehead atoms. The number of nitrogens with one attached hydrogen (secondary N) is 2. The van der Waals surface area contributed by atoms with Crippen LogP contribution in [0, 0.1) is 5.92 Å². The van der Waals surface area contributed by atoms with Crippen LogP contribution in [0.5, 0.6) is 0 Å². The molecule has 3 rings (SSSR count). The van der Waals surface area contributed by atoms with Crippen LogP contribution >= 0.6 is 0 Å². The van der Waals surface area contributed by atoms with Gasteiger partial charge in [-0.3, -0.25) is 0 Å². The SMILES string of the molecule is NCCC(O)CNCC1OC(C2C(N)CC(NCC(O)CN)C(OC3OC(CO)C(O)C(N)C3O)C2O)C(N)CC1O. The summed E-state index contributed by atoms with van der Waals surface area (Å²) in [6, 6.07) is -3.19. The molecule has 1 aliphatic carbocycles. The maximum atomic E-state index is 11.7. The first-order valence-corrected chi connectivity index (χ1v) is 14.7. The van der Waals surface area contributed by atoms with E-state index < -0.39 is 104 Å². The highest BCUT2D eigenvalue weighted by atomic mass is 16.7. The predicted octanol–water partition coefficient (Wildman–Crippen LogP) is -7.73. The summed E-state index contributed by atoms with van der Waals surface area (Å²) in [5, 5.41) is 79.1. The molecule has 0 amide bonds. The molecule has 0 spiro atoms. The molecule has 17 nitrogen and oxygen atoms in total. The monoisotopic (exact) mass is 611 g/mol. The second-order valence-electron chi connectivity index (χ2n) is 11.8. The molecule has 2 aliphatic heterocycles. The number of aliphatic hydroxyl groups is 7. The zero-order chi connectivity index (χ0) is 31.1. The fourth-order valence-electron chi connectivity index (χ4n) is 6.07. The first-order chi connectivity index (χ1) is 19.9. The van der Waals surface area contributed by atoms with Crippen LogP contribution in [0.2, 0.25) is 0 Å². The van der Waals surface area contributed by atoms with E-state index in [-0.39, 0.29) is 39.0 Å². The van der Waals surface area contributed by atoms with Crippen LogP contribution in [0.1, 0.15) is 19.3 Å². The van der Waals surface area contributed by atoms with E-state index in [0.29, 0.717) is 13.0 Å². The molecule has 3 fully saturated rings. The molecule has 2 heterocycles.